The molecule has 0 aliphatic heterocycles. The number of hydrogen-bond donors (Lipinski definition) is 2. The summed E-state index contributed by atoms with van der Waals surface area (Å²) < 4.78 is 5.50. The van der Waals surface area contributed by atoms with Gasteiger partial charge in [-0.1, -0.05) is 18.2 Å². The zero-order valence-corrected chi connectivity index (χ0v) is 9.98. The molecule has 1 saturated carbocycles. The standard InChI is InChI=1S/C14H15NO3/c16-9-14(6-3-7-14)15-13(17)12-8-10-4-1-2-5-11(10)18-12/h1-2,4-5,8,16H,3,6-7,9H2,(H,15,17). The Kier molecular flexibility index (Phi) is 2.59. The number of hydrogen-bond acceptors (Lipinski definition) is 3. The Labute approximate surface area is 105 Å². The van der Waals surface area contributed by atoms with Gasteiger partial charge in [0.1, 0.15) is 5.58 Å². The van der Waals surface area contributed by atoms with Crippen LogP contribution in [-0.4, -0.2) is 23.2 Å². The van der Waals surface area contributed by atoms with Gasteiger partial charge in [0.15, 0.2) is 5.76 Å². The highest BCUT2D eigenvalue weighted by atomic mass is 16.3. The van der Waals surface area contributed by atoms with Crippen LogP contribution in [0, 0.1) is 0 Å². The van der Waals surface area contributed by atoms with Crippen LogP contribution in [0.3, 0.4) is 0 Å². The van der Waals surface area contributed by atoms with Crippen molar-refractivity contribution in [1.29, 1.82) is 0 Å². The van der Waals surface area contributed by atoms with Crippen molar-refractivity contribution in [3.05, 3.63) is 36.1 Å². The summed E-state index contributed by atoms with van der Waals surface area (Å²) in [6.45, 7) is -0.0149. The molecule has 0 atom stereocenters. The molecular weight excluding hydrogens is 230 g/mol. The van der Waals surface area contributed by atoms with Crippen molar-refractivity contribution in [3.8, 4) is 0 Å². The second-order valence-electron chi connectivity index (χ2n) is 4.89. The lowest BCUT2D eigenvalue weighted by atomic mass is 9.77. The molecule has 1 aliphatic carbocycles. The van der Waals surface area contributed by atoms with Gasteiger partial charge < -0.3 is 14.8 Å². The van der Waals surface area contributed by atoms with Crippen molar-refractivity contribution in [2.45, 2.75) is 24.8 Å². The molecule has 1 aromatic carbocycles. The van der Waals surface area contributed by atoms with E-state index in [0.717, 1.165) is 24.6 Å². The number of para-hydroxylation sites is 1. The molecule has 0 unspecified atom stereocenters. The molecule has 18 heavy (non-hydrogen) atoms. The van der Waals surface area contributed by atoms with Gasteiger partial charge in [0, 0.05) is 5.39 Å². The number of benzene rings is 1. The summed E-state index contributed by atoms with van der Waals surface area (Å²) in [7, 11) is 0. The van der Waals surface area contributed by atoms with E-state index in [1.807, 2.05) is 24.3 Å². The Morgan fingerprint density at radius 1 is 1.39 bits per heavy atom. The van der Waals surface area contributed by atoms with Crippen LogP contribution in [0.1, 0.15) is 29.8 Å². The molecule has 2 aromatic rings. The maximum absolute atomic E-state index is 12.1. The third-order valence-electron chi connectivity index (χ3n) is 3.64. The molecule has 1 fully saturated rings. The fourth-order valence-electron chi connectivity index (χ4n) is 2.32. The largest absolute Gasteiger partial charge is 0.451 e. The Bertz CT molecular complexity index is 545. The smallest absolute Gasteiger partial charge is 0.287 e. The van der Waals surface area contributed by atoms with Gasteiger partial charge in [0.05, 0.1) is 12.1 Å². The number of fused-ring (bicyclic) bond motifs is 1. The molecular formula is C14H15NO3. The number of aliphatic hydroxyl groups excluding tert-OH is 1. The summed E-state index contributed by atoms with van der Waals surface area (Å²) in [5.41, 5.74) is 0.269. The highest BCUT2D eigenvalue weighted by Crippen LogP contribution is 2.31. The first kappa shape index (κ1) is 11.3. The van der Waals surface area contributed by atoms with Crippen LogP contribution >= 0.6 is 0 Å². The van der Waals surface area contributed by atoms with Crippen LogP contribution in [-0.2, 0) is 0 Å². The SMILES string of the molecule is O=C(NC1(CO)CCC1)c1cc2ccccc2o1. The number of nitrogens with one attached hydrogen (secondary N) is 1. The normalized spacial score (nSPS) is 17.4. The maximum atomic E-state index is 12.1. The van der Waals surface area contributed by atoms with E-state index in [1.165, 1.54) is 0 Å². The summed E-state index contributed by atoms with van der Waals surface area (Å²) >= 11 is 0. The van der Waals surface area contributed by atoms with Gasteiger partial charge in [-0.3, -0.25) is 4.79 Å². The van der Waals surface area contributed by atoms with E-state index >= 15 is 0 Å². The van der Waals surface area contributed by atoms with E-state index in [4.69, 9.17) is 4.42 Å². The van der Waals surface area contributed by atoms with Gasteiger partial charge in [-0.2, -0.15) is 0 Å². The quantitative estimate of drug-likeness (QED) is 0.870. The Balaban J connectivity index is 1.83. The fraction of sp³-hybridized carbons (Fsp3) is 0.357. The monoisotopic (exact) mass is 245 g/mol. The predicted octanol–water partition coefficient (Wildman–Crippen LogP) is 2.08. The van der Waals surface area contributed by atoms with Gasteiger partial charge in [0.25, 0.3) is 5.91 Å². The fourth-order valence-corrected chi connectivity index (χ4v) is 2.32. The number of carbonyl (C=O) groups excluding carboxylic acids is 1. The third kappa shape index (κ3) is 1.78. The molecule has 0 bridgehead atoms. The number of aliphatic hydroxyl groups is 1. The topological polar surface area (TPSA) is 62.5 Å². The first-order valence-electron chi connectivity index (χ1n) is 6.14. The lowest BCUT2D eigenvalue weighted by Crippen LogP contribution is -2.56. The summed E-state index contributed by atoms with van der Waals surface area (Å²) in [6.07, 6.45) is 2.70. The van der Waals surface area contributed by atoms with Crippen LogP contribution < -0.4 is 5.32 Å². The average molecular weight is 245 g/mol. The van der Waals surface area contributed by atoms with Crippen molar-refractivity contribution in [2.75, 3.05) is 6.61 Å². The Hall–Kier alpha value is -1.81. The van der Waals surface area contributed by atoms with Crippen molar-refractivity contribution in [1.82, 2.24) is 5.32 Å². The summed E-state index contributed by atoms with van der Waals surface area (Å²) in [4.78, 5) is 12.1. The minimum absolute atomic E-state index is 0.0149. The highest BCUT2D eigenvalue weighted by molar-refractivity contribution is 5.96. The van der Waals surface area contributed by atoms with Crippen LogP contribution in [0.2, 0.25) is 0 Å². The third-order valence-corrected chi connectivity index (χ3v) is 3.64. The lowest BCUT2D eigenvalue weighted by molar-refractivity contribution is 0.0621. The minimum atomic E-state index is -0.434. The second-order valence-corrected chi connectivity index (χ2v) is 4.89. The molecule has 1 amide bonds. The van der Waals surface area contributed by atoms with Crippen molar-refractivity contribution in [3.63, 3.8) is 0 Å². The molecule has 0 saturated heterocycles. The number of carbonyl (C=O) groups is 1. The van der Waals surface area contributed by atoms with Crippen molar-refractivity contribution < 1.29 is 14.3 Å². The van der Waals surface area contributed by atoms with E-state index in [1.54, 1.807) is 6.07 Å². The summed E-state index contributed by atoms with van der Waals surface area (Å²) in [6, 6.07) is 9.24. The average Bonchev–Trinajstić information content (AvgIpc) is 2.77. The van der Waals surface area contributed by atoms with Crippen LogP contribution in [0.5, 0.6) is 0 Å². The highest BCUT2D eigenvalue weighted by Gasteiger charge is 2.38. The van der Waals surface area contributed by atoms with E-state index in [2.05, 4.69) is 5.32 Å². The van der Waals surface area contributed by atoms with Crippen LogP contribution in [0.4, 0.5) is 0 Å². The van der Waals surface area contributed by atoms with Gasteiger partial charge in [-0.25, -0.2) is 0 Å². The van der Waals surface area contributed by atoms with Crippen LogP contribution in [0.15, 0.2) is 34.7 Å². The van der Waals surface area contributed by atoms with Gasteiger partial charge in [-0.15, -0.1) is 0 Å². The molecule has 1 heterocycles. The van der Waals surface area contributed by atoms with Gasteiger partial charge in [-0.05, 0) is 31.4 Å². The lowest BCUT2D eigenvalue weighted by Gasteiger charge is -2.40. The maximum Gasteiger partial charge on any atom is 0.287 e. The van der Waals surface area contributed by atoms with E-state index in [0.29, 0.717) is 11.3 Å². The molecule has 3 rings (SSSR count). The molecule has 1 aliphatic rings. The number of rotatable bonds is 3. The molecule has 94 valence electrons. The molecule has 4 heteroatoms. The molecule has 0 spiro atoms. The van der Waals surface area contributed by atoms with Crippen LogP contribution in [0.25, 0.3) is 11.0 Å². The Morgan fingerprint density at radius 2 is 2.17 bits per heavy atom. The van der Waals surface area contributed by atoms with E-state index in [-0.39, 0.29) is 12.5 Å². The number of amides is 1. The molecule has 2 N–H and O–H groups in total. The number of furan rings is 1. The van der Waals surface area contributed by atoms with E-state index in [9.17, 15) is 9.90 Å². The minimum Gasteiger partial charge on any atom is -0.451 e. The second kappa shape index (κ2) is 4.14. The summed E-state index contributed by atoms with van der Waals surface area (Å²) in [5, 5.41) is 13.1. The zero-order valence-electron chi connectivity index (χ0n) is 9.98. The van der Waals surface area contributed by atoms with E-state index < -0.39 is 5.54 Å². The van der Waals surface area contributed by atoms with Gasteiger partial charge >= 0.3 is 0 Å². The van der Waals surface area contributed by atoms with Crippen molar-refractivity contribution in [2.24, 2.45) is 0 Å². The molecule has 0 radical (unpaired) electrons. The first-order chi connectivity index (χ1) is 8.72. The molecule has 4 nitrogen and oxygen atoms in total. The molecule has 1 aromatic heterocycles. The predicted molar refractivity (Wildman–Crippen MR) is 67.3 cm³/mol. The first-order valence-corrected chi connectivity index (χ1v) is 6.14. The van der Waals surface area contributed by atoms with Crippen molar-refractivity contribution >= 4 is 16.9 Å². The zero-order chi connectivity index (χ0) is 12.6. The summed E-state index contributed by atoms with van der Waals surface area (Å²) in [5.74, 6) is 0.0517. The van der Waals surface area contributed by atoms with Gasteiger partial charge in [0.2, 0.25) is 0 Å². The Morgan fingerprint density at radius 3 is 2.78 bits per heavy atom.